The minimum absolute atomic E-state index is 0.0280. The summed E-state index contributed by atoms with van der Waals surface area (Å²) in [7, 11) is 0. The van der Waals surface area contributed by atoms with E-state index in [0.717, 1.165) is 44.5 Å². The Kier molecular flexibility index (Phi) is 5.79. The summed E-state index contributed by atoms with van der Waals surface area (Å²) in [5.41, 5.74) is 0.337. The number of phenols is 1. The minimum Gasteiger partial charge on any atom is -0.508 e. The topological polar surface area (TPSA) is 90.3 Å². The summed E-state index contributed by atoms with van der Waals surface area (Å²) < 4.78 is 5.71. The second kappa shape index (κ2) is 8.32. The van der Waals surface area contributed by atoms with Gasteiger partial charge in [0.05, 0.1) is 17.9 Å². The number of carbonyl (C=O) groups is 2. The van der Waals surface area contributed by atoms with Gasteiger partial charge in [-0.15, -0.1) is 0 Å². The number of aliphatic hydroxyl groups is 1. The highest BCUT2D eigenvalue weighted by Gasteiger charge is 2.51. The Morgan fingerprint density at radius 3 is 2.59 bits per heavy atom. The number of aromatic hydroxyl groups is 1. The zero-order chi connectivity index (χ0) is 20.4. The van der Waals surface area contributed by atoms with Crippen LogP contribution in [0.25, 0.3) is 0 Å². The number of aliphatic hydroxyl groups excluding tert-OH is 1. The van der Waals surface area contributed by atoms with E-state index in [1.807, 2.05) is 11.0 Å². The molecule has 0 aromatic heterocycles. The van der Waals surface area contributed by atoms with Crippen molar-refractivity contribution in [1.82, 2.24) is 9.80 Å². The van der Waals surface area contributed by atoms with Gasteiger partial charge in [0, 0.05) is 39.1 Å². The molecule has 2 N–H and O–H groups in total. The summed E-state index contributed by atoms with van der Waals surface area (Å²) in [5, 5.41) is 19.2. The molecule has 7 nitrogen and oxygen atoms in total. The molecule has 1 amide bonds. The first kappa shape index (κ1) is 20.2. The Morgan fingerprint density at radius 2 is 1.90 bits per heavy atom. The number of cyclic esters (lactones) is 1. The predicted octanol–water partition coefficient (Wildman–Crippen LogP) is 1.32. The van der Waals surface area contributed by atoms with Gasteiger partial charge in [0.25, 0.3) is 0 Å². The van der Waals surface area contributed by atoms with Gasteiger partial charge in [-0.3, -0.25) is 14.5 Å². The molecule has 0 aliphatic carbocycles. The van der Waals surface area contributed by atoms with Gasteiger partial charge in [-0.1, -0.05) is 12.1 Å². The molecule has 0 saturated carbocycles. The number of esters is 1. The molecule has 3 heterocycles. The van der Waals surface area contributed by atoms with Gasteiger partial charge in [-0.05, 0) is 43.4 Å². The number of rotatable bonds is 4. The maximum atomic E-state index is 12.6. The van der Waals surface area contributed by atoms with Crippen molar-refractivity contribution in [2.24, 2.45) is 5.41 Å². The third kappa shape index (κ3) is 4.56. The normalized spacial score (nSPS) is 25.3. The first-order valence-electron chi connectivity index (χ1n) is 10.6. The van der Waals surface area contributed by atoms with Gasteiger partial charge in [-0.25, -0.2) is 0 Å². The maximum absolute atomic E-state index is 12.6. The Morgan fingerprint density at radius 1 is 1.17 bits per heavy atom. The lowest BCUT2D eigenvalue weighted by Gasteiger charge is -2.36. The summed E-state index contributed by atoms with van der Waals surface area (Å²) in [5.74, 6) is 0.0794. The number of amides is 1. The van der Waals surface area contributed by atoms with Crippen molar-refractivity contribution in [2.75, 3.05) is 32.7 Å². The molecule has 1 aromatic rings. The Hall–Kier alpha value is -2.12. The fourth-order valence-electron chi connectivity index (χ4n) is 4.87. The van der Waals surface area contributed by atoms with Crippen molar-refractivity contribution in [3.8, 4) is 5.75 Å². The third-order valence-electron chi connectivity index (χ3n) is 6.68. The summed E-state index contributed by atoms with van der Waals surface area (Å²) in [6.07, 6.45) is 3.54. The van der Waals surface area contributed by atoms with Crippen molar-refractivity contribution in [3.63, 3.8) is 0 Å². The number of hydrogen-bond acceptors (Lipinski definition) is 6. The molecule has 29 heavy (non-hydrogen) atoms. The molecule has 1 unspecified atom stereocenters. The van der Waals surface area contributed by atoms with E-state index in [1.165, 1.54) is 0 Å². The number of piperidine rings is 2. The standard InChI is InChI=1S/C22H30N2O5/c25-17-4-8-23(9-5-17)15-19-14-22(21(28)29-19)6-10-24(11-7-22)20(27)13-16-2-1-3-18(26)12-16/h1-3,12,17,19,25-26H,4-11,13-15H2. The van der Waals surface area contributed by atoms with Crippen LogP contribution in [-0.4, -0.2) is 76.8 Å². The minimum atomic E-state index is -0.457. The lowest BCUT2D eigenvalue weighted by atomic mass is 9.76. The predicted molar refractivity (Wildman–Crippen MR) is 106 cm³/mol. The van der Waals surface area contributed by atoms with Crippen LogP contribution in [0.3, 0.4) is 0 Å². The summed E-state index contributed by atoms with van der Waals surface area (Å²) in [4.78, 5) is 29.4. The first-order chi connectivity index (χ1) is 13.9. The molecule has 7 heteroatoms. The summed E-state index contributed by atoms with van der Waals surface area (Å²) in [6, 6.07) is 6.77. The van der Waals surface area contributed by atoms with Crippen molar-refractivity contribution >= 4 is 11.9 Å². The summed E-state index contributed by atoms with van der Waals surface area (Å²) >= 11 is 0. The Bertz CT molecular complexity index is 751. The van der Waals surface area contributed by atoms with Crippen molar-refractivity contribution < 1.29 is 24.5 Å². The number of ether oxygens (including phenoxy) is 1. The number of benzene rings is 1. The van der Waals surface area contributed by atoms with Crippen LogP contribution in [0.15, 0.2) is 24.3 Å². The molecule has 3 aliphatic rings. The van der Waals surface area contributed by atoms with Crippen LogP contribution in [0.4, 0.5) is 0 Å². The lowest BCUT2D eigenvalue weighted by molar-refractivity contribution is -0.153. The Balaban J connectivity index is 1.29. The van der Waals surface area contributed by atoms with E-state index in [9.17, 15) is 19.8 Å². The van der Waals surface area contributed by atoms with E-state index in [-0.39, 0.29) is 36.3 Å². The van der Waals surface area contributed by atoms with Crippen molar-refractivity contribution in [1.29, 1.82) is 0 Å². The van der Waals surface area contributed by atoms with E-state index in [2.05, 4.69) is 4.90 Å². The van der Waals surface area contributed by atoms with Crippen LogP contribution >= 0.6 is 0 Å². The van der Waals surface area contributed by atoms with Crippen molar-refractivity contribution in [2.45, 2.75) is 50.7 Å². The number of hydrogen-bond donors (Lipinski definition) is 2. The zero-order valence-corrected chi connectivity index (χ0v) is 16.8. The molecule has 3 aliphatic heterocycles. The Labute approximate surface area is 171 Å². The van der Waals surface area contributed by atoms with Gasteiger partial charge in [0.1, 0.15) is 11.9 Å². The van der Waals surface area contributed by atoms with E-state index >= 15 is 0 Å². The molecule has 3 fully saturated rings. The fourth-order valence-corrected chi connectivity index (χ4v) is 4.87. The fraction of sp³-hybridized carbons (Fsp3) is 0.636. The number of likely N-dealkylation sites (tertiary alicyclic amines) is 2. The highest BCUT2D eigenvalue weighted by Crippen LogP contribution is 2.43. The van der Waals surface area contributed by atoms with E-state index in [1.54, 1.807) is 18.2 Å². The maximum Gasteiger partial charge on any atom is 0.312 e. The molecule has 0 radical (unpaired) electrons. The van der Waals surface area contributed by atoms with Gasteiger partial charge in [-0.2, -0.15) is 0 Å². The number of phenolic OH excluding ortho intramolecular Hbond substituents is 1. The number of carbonyl (C=O) groups excluding carboxylic acids is 2. The second-order valence-electron chi connectivity index (χ2n) is 8.77. The molecule has 3 saturated heterocycles. The molecule has 4 rings (SSSR count). The first-order valence-corrected chi connectivity index (χ1v) is 10.6. The lowest BCUT2D eigenvalue weighted by Crippen LogP contribution is -2.45. The highest BCUT2D eigenvalue weighted by atomic mass is 16.6. The largest absolute Gasteiger partial charge is 0.508 e. The van der Waals surface area contributed by atoms with Crippen LogP contribution in [-0.2, 0) is 20.7 Å². The third-order valence-corrected chi connectivity index (χ3v) is 6.68. The molecule has 1 aromatic carbocycles. The highest BCUT2D eigenvalue weighted by molar-refractivity contribution is 5.81. The van der Waals surface area contributed by atoms with Crippen LogP contribution < -0.4 is 0 Å². The molecule has 1 spiro atoms. The average Bonchev–Trinajstić information content (AvgIpc) is 2.98. The average molecular weight is 402 g/mol. The second-order valence-corrected chi connectivity index (χ2v) is 8.77. The SMILES string of the molecule is O=C(Cc1cccc(O)c1)N1CCC2(CC1)CC(CN1CCC(O)CC1)OC2=O. The monoisotopic (exact) mass is 402 g/mol. The van der Waals surface area contributed by atoms with Gasteiger partial charge in [0.15, 0.2) is 0 Å². The van der Waals surface area contributed by atoms with Crippen LogP contribution in [0, 0.1) is 5.41 Å². The smallest absolute Gasteiger partial charge is 0.312 e. The van der Waals surface area contributed by atoms with E-state index in [4.69, 9.17) is 4.74 Å². The van der Waals surface area contributed by atoms with Crippen LogP contribution in [0.2, 0.25) is 0 Å². The molecule has 0 bridgehead atoms. The van der Waals surface area contributed by atoms with Crippen molar-refractivity contribution in [3.05, 3.63) is 29.8 Å². The van der Waals surface area contributed by atoms with Gasteiger partial charge < -0.3 is 19.8 Å². The molecule has 1 atom stereocenters. The molecular formula is C22H30N2O5. The van der Waals surface area contributed by atoms with E-state index in [0.29, 0.717) is 25.9 Å². The van der Waals surface area contributed by atoms with Crippen LogP contribution in [0.5, 0.6) is 5.75 Å². The zero-order valence-electron chi connectivity index (χ0n) is 16.8. The van der Waals surface area contributed by atoms with Gasteiger partial charge in [0.2, 0.25) is 5.91 Å². The van der Waals surface area contributed by atoms with Gasteiger partial charge >= 0.3 is 5.97 Å². The van der Waals surface area contributed by atoms with E-state index < -0.39 is 5.41 Å². The van der Waals surface area contributed by atoms with Crippen LogP contribution in [0.1, 0.15) is 37.7 Å². The quantitative estimate of drug-likeness (QED) is 0.739. The molecular weight excluding hydrogens is 372 g/mol. The number of nitrogens with zero attached hydrogens (tertiary/aromatic N) is 2. The summed E-state index contributed by atoms with van der Waals surface area (Å²) in [6.45, 7) is 3.56. The molecule has 158 valence electrons.